The third-order valence-corrected chi connectivity index (χ3v) is 2.78. The zero-order chi connectivity index (χ0) is 13.0. The molecule has 0 radical (unpaired) electrons. The number of hydrogen-bond donors (Lipinski definition) is 1. The highest BCUT2D eigenvalue weighted by molar-refractivity contribution is 5.39. The van der Waals surface area contributed by atoms with Crippen LogP contribution in [0.4, 0.5) is 10.1 Å². The highest BCUT2D eigenvalue weighted by Crippen LogP contribution is 2.16. The van der Waals surface area contributed by atoms with Crippen LogP contribution in [-0.2, 0) is 6.42 Å². The van der Waals surface area contributed by atoms with Crippen LogP contribution in [0.25, 0.3) is 0 Å². The van der Waals surface area contributed by atoms with Gasteiger partial charge in [-0.2, -0.15) is 0 Å². The molecule has 0 atom stereocenters. The second-order valence-corrected chi connectivity index (χ2v) is 4.25. The molecule has 0 saturated carbocycles. The molecule has 3 heteroatoms. The van der Waals surface area contributed by atoms with Crippen molar-refractivity contribution in [2.24, 2.45) is 0 Å². The molecule has 0 aliphatic heterocycles. The molecule has 0 saturated heterocycles. The maximum Gasteiger partial charge on any atom is 0.129 e. The quantitative estimate of drug-likeness (QED) is 0.838. The topological polar surface area (TPSA) is 35.2 Å². The first kappa shape index (κ1) is 12.4. The summed E-state index contributed by atoms with van der Waals surface area (Å²) in [6.45, 7) is 2.25. The fraction of sp³-hybridized carbons (Fsp3) is 0.200. The molecule has 2 aromatic carbocycles. The van der Waals surface area contributed by atoms with E-state index in [0.29, 0.717) is 17.9 Å². The maximum absolute atomic E-state index is 13.3. The summed E-state index contributed by atoms with van der Waals surface area (Å²) in [6.07, 6.45) is 0.774. The molecule has 2 N–H and O–H groups in total. The summed E-state index contributed by atoms with van der Waals surface area (Å²) in [5, 5.41) is 0. The summed E-state index contributed by atoms with van der Waals surface area (Å²) in [7, 11) is 0. The molecule has 2 aromatic rings. The third kappa shape index (κ3) is 3.23. The summed E-state index contributed by atoms with van der Waals surface area (Å²) in [6, 6.07) is 12.6. The fourth-order valence-corrected chi connectivity index (χ4v) is 1.63. The number of hydrogen-bond acceptors (Lipinski definition) is 2. The summed E-state index contributed by atoms with van der Waals surface area (Å²) >= 11 is 0. The van der Waals surface area contributed by atoms with Crippen molar-refractivity contribution in [2.45, 2.75) is 13.3 Å². The number of nitrogen functional groups attached to an aromatic ring is 1. The summed E-state index contributed by atoms with van der Waals surface area (Å²) < 4.78 is 18.8. The van der Waals surface area contributed by atoms with Crippen LogP contribution in [0.15, 0.2) is 42.5 Å². The Bertz CT molecular complexity index is 523. The largest absolute Gasteiger partial charge is 0.493 e. The number of rotatable bonds is 4. The predicted octanol–water partition coefficient (Wildman–Crippen LogP) is 3.34. The van der Waals surface area contributed by atoms with Gasteiger partial charge in [-0.15, -0.1) is 0 Å². The Kier molecular flexibility index (Phi) is 3.82. The van der Waals surface area contributed by atoms with Gasteiger partial charge < -0.3 is 10.5 Å². The van der Waals surface area contributed by atoms with E-state index in [9.17, 15) is 4.39 Å². The molecule has 0 bridgehead atoms. The summed E-state index contributed by atoms with van der Waals surface area (Å²) in [4.78, 5) is 0. The molecular formula is C15H16FNO. The molecule has 0 amide bonds. The van der Waals surface area contributed by atoms with Crippen molar-refractivity contribution in [3.63, 3.8) is 0 Å². The molecule has 0 fully saturated rings. The molecule has 18 heavy (non-hydrogen) atoms. The number of nitrogens with two attached hydrogens (primary N) is 1. The van der Waals surface area contributed by atoms with Gasteiger partial charge in [0.15, 0.2) is 0 Å². The molecule has 2 nitrogen and oxygen atoms in total. The standard InChI is InChI=1S/C15H16FNO/c1-11-2-7-14(10-15(11)16)18-9-8-12-3-5-13(17)6-4-12/h2-7,10H,8-9,17H2,1H3. The summed E-state index contributed by atoms with van der Waals surface area (Å²) in [5.41, 5.74) is 8.13. The van der Waals surface area contributed by atoms with E-state index in [2.05, 4.69) is 0 Å². The van der Waals surface area contributed by atoms with Crippen molar-refractivity contribution in [1.82, 2.24) is 0 Å². The molecule has 0 aliphatic rings. The fourth-order valence-electron chi connectivity index (χ4n) is 1.63. The Hall–Kier alpha value is -2.03. The SMILES string of the molecule is Cc1ccc(OCCc2ccc(N)cc2)cc1F. The second kappa shape index (κ2) is 5.54. The van der Waals surface area contributed by atoms with Crippen molar-refractivity contribution < 1.29 is 9.13 Å². The molecule has 0 aliphatic carbocycles. The van der Waals surface area contributed by atoms with E-state index >= 15 is 0 Å². The van der Waals surface area contributed by atoms with Gasteiger partial charge in [0.25, 0.3) is 0 Å². The Morgan fingerprint density at radius 1 is 1.11 bits per heavy atom. The van der Waals surface area contributed by atoms with Crippen molar-refractivity contribution >= 4 is 5.69 Å². The number of halogens is 1. The number of anilines is 1. The Balaban J connectivity index is 1.88. The van der Waals surface area contributed by atoms with Gasteiger partial charge in [0.1, 0.15) is 11.6 Å². The van der Waals surface area contributed by atoms with Crippen LogP contribution in [0.3, 0.4) is 0 Å². The van der Waals surface area contributed by atoms with Gasteiger partial charge in [0.2, 0.25) is 0 Å². The van der Waals surface area contributed by atoms with Gasteiger partial charge in [0.05, 0.1) is 6.61 Å². The zero-order valence-corrected chi connectivity index (χ0v) is 10.3. The third-order valence-electron chi connectivity index (χ3n) is 2.78. The summed E-state index contributed by atoms with van der Waals surface area (Å²) in [5.74, 6) is 0.327. The normalized spacial score (nSPS) is 10.3. The van der Waals surface area contributed by atoms with Crippen LogP contribution in [0, 0.1) is 12.7 Å². The van der Waals surface area contributed by atoms with E-state index in [-0.39, 0.29) is 5.82 Å². The number of ether oxygens (including phenoxy) is 1. The minimum absolute atomic E-state index is 0.236. The van der Waals surface area contributed by atoms with E-state index in [1.807, 2.05) is 24.3 Å². The lowest BCUT2D eigenvalue weighted by Crippen LogP contribution is -2.02. The van der Waals surface area contributed by atoms with E-state index in [1.165, 1.54) is 6.07 Å². The van der Waals surface area contributed by atoms with E-state index < -0.39 is 0 Å². The molecule has 0 heterocycles. The Morgan fingerprint density at radius 3 is 2.50 bits per heavy atom. The lowest BCUT2D eigenvalue weighted by molar-refractivity contribution is 0.320. The molecule has 0 spiro atoms. The molecule has 2 rings (SSSR count). The van der Waals surface area contributed by atoms with Crippen molar-refractivity contribution in [2.75, 3.05) is 12.3 Å². The van der Waals surface area contributed by atoms with Crippen molar-refractivity contribution in [3.05, 3.63) is 59.4 Å². The first-order chi connectivity index (χ1) is 8.65. The van der Waals surface area contributed by atoms with Crippen LogP contribution in [0.1, 0.15) is 11.1 Å². The van der Waals surface area contributed by atoms with Gasteiger partial charge in [-0.25, -0.2) is 4.39 Å². The number of benzene rings is 2. The molecule has 0 aromatic heterocycles. The number of aryl methyl sites for hydroxylation is 1. The molecule has 94 valence electrons. The Labute approximate surface area is 106 Å². The first-order valence-corrected chi connectivity index (χ1v) is 5.88. The smallest absolute Gasteiger partial charge is 0.129 e. The van der Waals surface area contributed by atoms with E-state index in [1.54, 1.807) is 19.1 Å². The van der Waals surface area contributed by atoms with E-state index in [4.69, 9.17) is 10.5 Å². The molecular weight excluding hydrogens is 229 g/mol. The lowest BCUT2D eigenvalue weighted by Gasteiger charge is -2.07. The van der Waals surface area contributed by atoms with Gasteiger partial charge >= 0.3 is 0 Å². The monoisotopic (exact) mass is 245 g/mol. The van der Waals surface area contributed by atoms with Crippen molar-refractivity contribution in [1.29, 1.82) is 0 Å². The second-order valence-electron chi connectivity index (χ2n) is 4.25. The van der Waals surface area contributed by atoms with Gasteiger partial charge in [0, 0.05) is 18.2 Å². The van der Waals surface area contributed by atoms with Crippen LogP contribution in [0.2, 0.25) is 0 Å². The Morgan fingerprint density at radius 2 is 1.83 bits per heavy atom. The van der Waals surface area contributed by atoms with E-state index in [0.717, 1.165) is 17.7 Å². The van der Waals surface area contributed by atoms with Gasteiger partial charge in [-0.3, -0.25) is 0 Å². The van der Waals surface area contributed by atoms with Gasteiger partial charge in [-0.05, 0) is 36.2 Å². The van der Waals surface area contributed by atoms with Gasteiger partial charge in [-0.1, -0.05) is 18.2 Å². The average molecular weight is 245 g/mol. The van der Waals surface area contributed by atoms with Crippen LogP contribution in [0.5, 0.6) is 5.75 Å². The maximum atomic E-state index is 13.3. The molecule has 0 unspecified atom stereocenters. The predicted molar refractivity (Wildman–Crippen MR) is 71.2 cm³/mol. The average Bonchev–Trinajstić information content (AvgIpc) is 2.36. The van der Waals surface area contributed by atoms with Crippen LogP contribution < -0.4 is 10.5 Å². The minimum Gasteiger partial charge on any atom is -0.493 e. The highest BCUT2D eigenvalue weighted by Gasteiger charge is 2.00. The lowest BCUT2D eigenvalue weighted by atomic mass is 10.1. The van der Waals surface area contributed by atoms with Crippen LogP contribution in [-0.4, -0.2) is 6.61 Å². The zero-order valence-electron chi connectivity index (χ0n) is 10.3. The van der Waals surface area contributed by atoms with Crippen LogP contribution >= 0.6 is 0 Å². The first-order valence-electron chi connectivity index (χ1n) is 5.88. The van der Waals surface area contributed by atoms with Crippen molar-refractivity contribution in [3.8, 4) is 5.75 Å². The highest BCUT2D eigenvalue weighted by atomic mass is 19.1. The minimum atomic E-state index is -0.236.